The van der Waals surface area contributed by atoms with E-state index in [0.29, 0.717) is 22.7 Å². The van der Waals surface area contributed by atoms with Crippen LogP contribution in [0, 0.1) is 6.92 Å². The Morgan fingerprint density at radius 3 is 2.31 bits per heavy atom. The van der Waals surface area contributed by atoms with Gasteiger partial charge in [-0.15, -0.1) is 0 Å². The maximum atomic E-state index is 13.7. The summed E-state index contributed by atoms with van der Waals surface area (Å²) in [5.74, 6) is -0.783. The number of carbonyl (C=O) groups is 2. The third-order valence-corrected chi connectivity index (χ3v) is 8.19. The van der Waals surface area contributed by atoms with E-state index < -0.39 is 28.5 Å². The summed E-state index contributed by atoms with van der Waals surface area (Å²) in [7, 11) is -3.79. The average molecular weight is 587 g/mol. The Hall–Kier alpha value is -2.10. The van der Waals surface area contributed by atoms with E-state index >= 15 is 0 Å². The minimum atomic E-state index is -3.79. The van der Waals surface area contributed by atoms with Gasteiger partial charge in [0.25, 0.3) is 0 Å². The van der Waals surface area contributed by atoms with Crippen molar-refractivity contribution in [2.24, 2.45) is 0 Å². The number of halogens is 2. The summed E-state index contributed by atoms with van der Waals surface area (Å²) in [5.41, 5.74) is 1.87. The second-order valence-corrected chi connectivity index (χ2v) is 11.7. The van der Waals surface area contributed by atoms with Crippen LogP contribution in [0.4, 0.5) is 5.69 Å². The number of aryl methyl sites for hydroxylation is 1. The van der Waals surface area contributed by atoms with Crippen LogP contribution in [0.15, 0.2) is 46.9 Å². The third kappa shape index (κ3) is 7.95. The Balaban J connectivity index is 2.47. The van der Waals surface area contributed by atoms with E-state index in [1.54, 1.807) is 42.5 Å². The minimum absolute atomic E-state index is 0.0629. The third-order valence-electron chi connectivity index (χ3n) is 5.79. The Kier molecular flexibility index (Phi) is 10.6. The van der Waals surface area contributed by atoms with Crippen molar-refractivity contribution < 1.29 is 18.0 Å². The summed E-state index contributed by atoms with van der Waals surface area (Å²) < 4.78 is 27.3. The fourth-order valence-electron chi connectivity index (χ4n) is 3.57. The summed E-state index contributed by atoms with van der Waals surface area (Å²) in [5, 5.41) is 3.41. The number of nitrogens with one attached hydrogen (secondary N) is 1. The van der Waals surface area contributed by atoms with Crippen molar-refractivity contribution in [3.63, 3.8) is 0 Å². The number of rotatable bonds is 11. The first kappa shape index (κ1) is 29.1. The van der Waals surface area contributed by atoms with Gasteiger partial charge in [0.1, 0.15) is 12.6 Å². The smallest absolute Gasteiger partial charge is 0.244 e. The van der Waals surface area contributed by atoms with E-state index in [-0.39, 0.29) is 18.5 Å². The van der Waals surface area contributed by atoms with Crippen molar-refractivity contribution in [3.05, 3.63) is 63.1 Å². The fraction of sp³-hybridized carbons (Fsp3) is 0.440. The monoisotopic (exact) mass is 585 g/mol. The second-order valence-electron chi connectivity index (χ2n) is 8.56. The number of sulfonamides is 1. The molecule has 0 bridgehead atoms. The fourth-order valence-corrected chi connectivity index (χ4v) is 4.85. The molecular weight excluding hydrogens is 554 g/mol. The second kappa shape index (κ2) is 12.7. The SMILES string of the molecule is CC[C@@H](C)NC(=O)[C@H](CC)N(Cc1ccccc1Cl)C(=O)CN(c1ccc(Br)c(C)c1)S(C)(=O)=O. The molecule has 35 heavy (non-hydrogen) atoms. The molecule has 0 saturated carbocycles. The zero-order valence-electron chi connectivity index (χ0n) is 20.7. The summed E-state index contributed by atoms with van der Waals surface area (Å²) in [6.45, 7) is 7.14. The number of carbonyl (C=O) groups excluding carboxylic acids is 2. The molecule has 10 heteroatoms. The van der Waals surface area contributed by atoms with Crippen molar-refractivity contribution >= 4 is 55.1 Å². The highest BCUT2D eigenvalue weighted by Crippen LogP contribution is 2.26. The summed E-state index contributed by atoms with van der Waals surface area (Å²) >= 11 is 9.78. The van der Waals surface area contributed by atoms with Gasteiger partial charge in [0, 0.05) is 22.1 Å². The standard InChI is InChI=1S/C25H33BrClN3O4S/c1-6-18(4)28-25(32)23(7-2)29(15-19-10-8-9-11-22(19)27)24(31)16-30(35(5,33)34)20-12-13-21(26)17(3)14-20/h8-14,18,23H,6-7,15-16H2,1-5H3,(H,28,32)/t18-,23+/m1/s1. The highest BCUT2D eigenvalue weighted by Gasteiger charge is 2.32. The maximum Gasteiger partial charge on any atom is 0.244 e. The minimum Gasteiger partial charge on any atom is -0.352 e. The number of amides is 2. The normalized spacial score (nSPS) is 13.1. The van der Waals surface area contributed by atoms with Crippen LogP contribution in [0.2, 0.25) is 5.02 Å². The van der Waals surface area contributed by atoms with Gasteiger partial charge in [-0.3, -0.25) is 13.9 Å². The quantitative estimate of drug-likeness (QED) is 0.406. The molecule has 2 atom stereocenters. The van der Waals surface area contributed by atoms with Gasteiger partial charge in [-0.2, -0.15) is 0 Å². The number of hydrogen-bond donors (Lipinski definition) is 1. The predicted octanol–water partition coefficient (Wildman–Crippen LogP) is 4.90. The van der Waals surface area contributed by atoms with E-state index in [9.17, 15) is 18.0 Å². The lowest BCUT2D eigenvalue weighted by Crippen LogP contribution is -2.53. The zero-order chi connectivity index (χ0) is 26.3. The molecule has 0 saturated heterocycles. The Bertz CT molecular complexity index is 1160. The average Bonchev–Trinajstić information content (AvgIpc) is 2.79. The van der Waals surface area contributed by atoms with Gasteiger partial charge in [-0.05, 0) is 62.1 Å². The first-order valence-corrected chi connectivity index (χ1v) is 14.5. The first-order valence-electron chi connectivity index (χ1n) is 11.5. The van der Waals surface area contributed by atoms with Gasteiger partial charge in [0.2, 0.25) is 21.8 Å². The van der Waals surface area contributed by atoms with E-state index in [1.165, 1.54) is 4.90 Å². The van der Waals surface area contributed by atoms with E-state index in [2.05, 4.69) is 21.2 Å². The lowest BCUT2D eigenvalue weighted by Gasteiger charge is -2.33. The molecule has 0 unspecified atom stereocenters. The maximum absolute atomic E-state index is 13.7. The zero-order valence-corrected chi connectivity index (χ0v) is 23.9. The van der Waals surface area contributed by atoms with Crippen molar-refractivity contribution in [2.75, 3.05) is 17.1 Å². The molecule has 0 spiro atoms. The molecule has 0 heterocycles. The Morgan fingerprint density at radius 1 is 1.11 bits per heavy atom. The van der Waals surface area contributed by atoms with Crippen molar-refractivity contribution in [1.29, 1.82) is 0 Å². The lowest BCUT2D eigenvalue weighted by molar-refractivity contribution is -0.140. The van der Waals surface area contributed by atoms with Crippen LogP contribution in [-0.2, 0) is 26.2 Å². The predicted molar refractivity (Wildman–Crippen MR) is 145 cm³/mol. The highest BCUT2D eigenvalue weighted by atomic mass is 79.9. The van der Waals surface area contributed by atoms with Crippen LogP contribution in [0.1, 0.15) is 44.7 Å². The molecule has 0 aliphatic rings. The van der Waals surface area contributed by atoms with Gasteiger partial charge in [-0.1, -0.05) is 59.6 Å². The summed E-state index contributed by atoms with van der Waals surface area (Å²) in [6.07, 6.45) is 2.16. The van der Waals surface area contributed by atoms with E-state index in [4.69, 9.17) is 11.6 Å². The van der Waals surface area contributed by atoms with Gasteiger partial charge >= 0.3 is 0 Å². The lowest BCUT2D eigenvalue weighted by atomic mass is 10.1. The number of hydrogen-bond acceptors (Lipinski definition) is 4. The van der Waals surface area contributed by atoms with Crippen molar-refractivity contribution in [2.45, 2.75) is 59.2 Å². The largest absolute Gasteiger partial charge is 0.352 e. The molecule has 2 rings (SSSR count). The van der Waals surface area contributed by atoms with Gasteiger partial charge < -0.3 is 10.2 Å². The van der Waals surface area contributed by atoms with Crippen LogP contribution in [0.25, 0.3) is 0 Å². The van der Waals surface area contributed by atoms with Crippen LogP contribution < -0.4 is 9.62 Å². The molecule has 2 amide bonds. The summed E-state index contributed by atoms with van der Waals surface area (Å²) in [4.78, 5) is 28.2. The van der Waals surface area contributed by atoms with Gasteiger partial charge in [0.05, 0.1) is 11.9 Å². The highest BCUT2D eigenvalue weighted by molar-refractivity contribution is 9.10. The van der Waals surface area contributed by atoms with Crippen molar-refractivity contribution in [3.8, 4) is 0 Å². The first-order chi connectivity index (χ1) is 16.4. The molecule has 0 radical (unpaired) electrons. The Labute approximate surface area is 222 Å². The molecule has 2 aromatic rings. The van der Waals surface area contributed by atoms with Gasteiger partial charge in [-0.25, -0.2) is 8.42 Å². The van der Waals surface area contributed by atoms with Crippen LogP contribution in [0.3, 0.4) is 0 Å². The molecule has 0 aliphatic carbocycles. The molecule has 2 aromatic carbocycles. The van der Waals surface area contributed by atoms with Crippen LogP contribution in [-0.4, -0.2) is 50.0 Å². The molecule has 1 N–H and O–H groups in total. The van der Waals surface area contributed by atoms with Crippen molar-refractivity contribution in [1.82, 2.24) is 10.2 Å². The van der Waals surface area contributed by atoms with E-state index in [1.807, 2.05) is 27.7 Å². The molecule has 0 fully saturated rings. The van der Waals surface area contributed by atoms with E-state index in [0.717, 1.165) is 27.0 Å². The van der Waals surface area contributed by atoms with Gasteiger partial charge in [0.15, 0.2) is 0 Å². The number of nitrogens with zero attached hydrogens (tertiary/aromatic N) is 2. The van der Waals surface area contributed by atoms with Crippen LogP contribution in [0.5, 0.6) is 0 Å². The topological polar surface area (TPSA) is 86.8 Å². The molecule has 0 aliphatic heterocycles. The Morgan fingerprint density at radius 2 is 1.77 bits per heavy atom. The molecule has 0 aromatic heterocycles. The molecule has 192 valence electrons. The number of benzene rings is 2. The molecular formula is C25H33BrClN3O4S. The summed E-state index contributed by atoms with van der Waals surface area (Å²) in [6, 6.07) is 11.3. The molecule has 7 nitrogen and oxygen atoms in total. The number of anilines is 1. The van der Waals surface area contributed by atoms with Crippen LogP contribution >= 0.6 is 27.5 Å².